The Morgan fingerprint density at radius 3 is 2.35 bits per heavy atom. The molecule has 0 bridgehead atoms. The first-order chi connectivity index (χ1) is 12.2. The van der Waals surface area contributed by atoms with Crippen LogP contribution in [0.2, 0.25) is 0 Å². The highest BCUT2D eigenvalue weighted by atomic mass is 35.5. The number of ether oxygens (including phenoxy) is 1. The molecule has 0 aliphatic carbocycles. The van der Waals surface area contributed by atoms with Crippen molar-refractivity contribution < 1.29 is 14.6 Å². The minimum absolute atomic E-state index is 0. The highest BCUT2D eigenvalue weighted by molar-refractivity contribution is 5.87. The molecule has 26 heavy (non-hydrogen) atoms. The topological polar surface area (TPSA) is 84.3 Å². The number of carbonyl (C=O) groups is 1. The molecular formula is C19H18ClN3O3. The molecule has 0 saturated carbocycles. The Labute approximate surface area is 157 Å². The van der Waals surface area contributed by atoms with Gasteiger partial charge in [-0.25, -0.2) is 14.8 Å². The third kappa shape index (κ3) is 5.54. The Morgan fingerprint density at radius 1 is 0.962 bits per heavy atom. The van der Waals surface area contributed by atoms with Gasteiger partial charge in [0.1, 0.15) is 5.75 Å². The zero-order valence-electron chi connectivity index (χ0n) is 13.8. The second-order valence-corrected chi connectivity index (χ2v) is 5.39. The molecule has 1 heterocycles. The Hall–Kier alpha value is -2.96. The van der Waals surface area contributed by atoms with E-state index in [4.69, 9.17) is 9.84 Å². The number of nitrogens with one attached hydrogen (secondary N) is 1. The van der Waals surface area contributed by atoms with E-state index in [-0.39, 0.29) is 18.0 Å². The van der Waals surface area contributed by atoms with Crippen LogP contribution in [0, 0.1) is 0 Å². The van der Waals surface area contributed by atoms with Gasteiger partial charge in [-0.2, -0.15) is 0 Å². The molecule has 0 amide bonds. The highest BCUT2D eigenvalue weighted by Gasteiger charge is 2.03. The molecular weight excluding hydrogens is 354 g/mol. The smallest absolute Gasteiger partial charge is 0.335 e. The number of rotatable bonds is 7. The van der Waals surface area contributed by atoms with Crippen molar-refractivity contribution in [2.24, 2.45) is 0 Å². The summed E-state index contributed by atoms with van der Waals surface area (Å²) in [5, 5.41) is 12.2. The summed E-state index contributed by atoms with van der Waals surface area (Å²) in [4.78, 5) is 18.9. The van der Waals surface area contributed by atoms with E-state index in [0.717, 1.165) is 11.1 Å². The van der Waals surface area contributed by atoms with E-state index in [1.807, 2.05) is 36.4 Å². The molecule has 3 aromatic rings. The maximum Gasteiger partial charge on any atom is 0.335 e. The van der Waals surface area contributed by atoms with Crippen molar-refractivity contribution in [2.45, 2.75) is 13.1 Å². The average molecular weight is 372 g/mol. The van der Waals surface area contributed by atoms with E-state index in [1.165, 1.54) is 0 Å². The van der Waals surface area contributed by atoms with Crippen LogP contribution >= 0.6 is 12.4 Å². The fraction of sp³-hybridized carbons (Fsp3) is 0.105. The molecule has 0 radical (unpaired) electrons. The van der Waals surface area contributed by atoms with Gasteiger partial charge >= 0.3 is 12.0 Å². The molecule has 0 saturated heterocycles. The quantitative estimate of drug-likeness (QED) is 0.659. The van der Waals surface area contributed by atoms with Gasteiger partial charge in [-0.3, -0.25) is 0 Å². The van der Waals surface area contributed by atoms with Crippen molar-refractivity contribution in [1.29, 1.82) is 0 Å². The number of aromatic carboxylic acids is 1. The number of hydrogen-bond acceptors (Lipinski definition) is 5. The Bertz CT molecular complexity index is 842. The van der Waals surface area contributed by atoms with Crippen LogP contribution in [0.15, 0.2) is 67.0 Å². The lowest BCUT2D eigenvalue weighted by molar-refractivity contribution is 0.0697. The van der Waals surface area contributed by atoms with Crippen molar-refractivity contribution in [3.63, 3.8) is 0 Å². The summed E-state index contributed by atoms with van der Waals surface area (Å²) in [6, 6.07) is 16.6. The summed E-state index contributed by atoms with van der Waals surface area (Å²) in [7, 11) is 0. The summed E-state index contributed by atoms with van der Waals surface area (Å²) in [6.07, 6.45) is 3.26. The third-order valence-electron chi connectivity index (χ3n) is 3.51. The number of aromatic nitrogens is 2. The molecule has 0 atom stereocenters. The van der Waals surface area contributed by atoms with Crippen molar-refractivity contribution >= 4 is 18.4 Å². The molecule has 134 valence electrons. The monoisotopic (exact) mass is 371 g/mol. The predicted octanol–water partition coefficient (Wildman–Crippen LogP) is 3.68. The lowest BCUT2D eigenvalue weighted by Crippen LogP contribution is -2.12. The van der Waals surface area contributed by atoms with Crippen LogP contribution in [0.4, 0.5) is 0 Å². The summed E-state index contributed by atoms with van der Waals surface area (Å²) in [6.45, 7) is 1.31. The lowest BCUT2D eigenvalue weighted by atomic mass is 10.1. The second kappa shape index (κ2) is 9.50. The van der Waals surface area contributed by atoms with Crippen LogP contribution in [0.1, 0.15) is 21.5 Å². The van der Waals surface area contributed by atoms with Crippen molar-refractivity contribution in [3.05, 3.63) is 83.7 Å². The van der Waals surface area contributed by atoms with E-state index in [9.17, 15) is 4.79 Å². The molecule has 1 aromatic heterocycles. The molecule has 2 N–H and O–H groups in total. The number of carboxylic acids is 1. The molecule has 0 aliphatic heterocycles. The SMILES string of the molecule is Cl.O=C(O)c1ccc(CNCc2cccc(Oc3ncccn3)c2)cc1. The van der Waals surface area contributed by atoms with Gasteiger partial charge in [0.25, 0.3) is 0 Å². The van der Waals surface area contributed by atoms with Crippen LogP contribution in [0.3, 0.4) is 0 Å². The van der Waals surface area contributed by atoms with Gasteiger partial charge in [0, 0.05) is 25.5 Å². The van der Waals surface area contributed by atoms with Crippen LogP contribution in [-0.2, 0) is 13.1 Å². The summed E-state index contributed by atoms with van der Waals surface area (Å²) < 4.78 is 5.61. The Kier molecular flexibility index (Phi) is 7.08. The molecule has 3 rings (SSSR count). The minimum Gasteiger partial charge on any atom is -0.478 e. The maximum atomic E-state index is 10.8. The molecule has 0 spiro atoms. The zero-order valence-corrected chi connectivity index (χ0v) is 14.6. The lowest BCUT2D eigenvalue weighted by Gasteiger charge is -2.08. The van der Waals surface area contributed by atoms with Gasteiger partial charge in [0.2, 0.25) is 0 Å². The normalized spacial score (nSPS) is 10.0. The molecule has 0 unspecified atom stereocenters. The Balaban J connectivity index is 0.00000243. The standard InChI is InChI=1S/C19H17N3O3.ClH/c23-18(24)16-7-5-14(6-8-16)12-20-13-15-3-1-4-17(11-15)25-19-21-9-2-10-22-19;/h1-11,20H,12-13H2,(H,23,24);1H. The van der Waals surface area contributed by atoms with E-state index in [2.05, 4.69) is 15.3 Å². The van der Waals surface area contributed by atoms with E-state index in [0.29, 0.717) is 24.8 Å². The number of hydrogen-bond donors (Lipinski definition) is 2. The van der Waals surface area contributed by atoms with Crippen LogP contribution in [0.25, 0.3) is 0 Å². The van der Waals surface area contributed by atoms with E-state index < -0.39 is 5.97 Å². The molecule has 6 nitrogen and oxygen atoms in total. The van der Waals surface area contributed by atoms with Crippen molar-refractivity contribution in [2.75, 3.05) is 0 Å². The molecule has 0 aliphatic rings. The van der Waals surface area contributed by atoms with E-state index >= 15 is 0 Å². The second-order valence-electron chi connectivity index (χ2n) is 5.39. The Morgan fingerprint density at radius 2 is 1.65 bits per heavy atom. The predicted molar refractivity (Wildman–Crippen MR) is 99.7 cm³/mol. The van der Waals surface area contributed by atoms with Crippen molar-refractivity contribution in [3.8, 4) is 11.8 Å². The van der Waals surface area contributed by atoms with Gasteiger partial charge in [-0.15, -0.1) is 12.4 Å². The van der Waals surface area contributed by atoms with Crippen LogP contribution < -0.4 is 10.1 Å². The largest absolute Gasteiger partial charge is 0.478 e. The highest BCUT2D eigenvalue weighted by Crippen LogP contribution is 2.18. The molecule has 0 fully saturated rings. The minimum atomic E-state index is -0.918. The van der Waals surface area contributed by atoms with Gasteiger partial charge in [0.05, 0.1) is 5.56 Å². The van der Waals surface area contributed by atoms with Gasteiger partial charge < -0.3 is 15.2 Å². The number of nitrogens with zero attached hydrogens (tertiary/aromatic N) is 2. The molecule has 2 aromatic carbocycles. The average Bonchev–Trinajstić information content (AvgIpc) is 2.63. The fourth-order valence-corrected chi connectivity index (χ4v) is 2.28. The number of halogens is 1. The first kappa shape index (κ1) is 19.4. The van der Waals surface area contributed by atoms with Gasteiger partial charge in [-0.05, 0) is 41.5 Å². The van der Waals surface area contributed by atoms with Crippen molar-refractivity contribution in [1.82, 2.24) is 15.3 Å². The summed E-state index contributed by atoms with van der Waals surface area (Å²) >= 11 is 0. The zero-order chi connectivity index (χ0) is 17.5. The number of benzene rings is 2. The van der Waals surface area contributed by atoms with Gasteiger partial charge in [0.15, 0.2) is 0 Å². The maximum absolute atomic E-state index is 10.8. The first-order valence-corrected chi connectivity index (χ1v) is 7.77. The summed E-state index contributed by atoms with van der Waals surface area (Å²) in [5.41, 5.74) is 2.38. The van der Waals surface area contributed by atoms with Gasteiger partial charge in [-0.1, -0.05) is 24.3 Å². The van der Waals surface area contributed by atoms with Crippen LogP contribution in [-0.4, -0.2) is 21.0 Å². The van der Waals surface area contributed by atoms with Crippen LogP contribution in [0.5, 0.6) is 11.8 Å². The fourth-order valence-electron chi connectivity index (χ4n) is 2.28. The molecule has 7 heteroatoms. The van der Waals surface area contributed by atoms with E-state index in [1.54, 1.807) is 30.6 Å². The first-order valence-electron chi connectivity index (χ1n) is 7.77. The third-order valence-corrected chi connectivity index (χ3v) is 3.51. The number of carboxylic acid groups (broad SMARTS) is 1. The summed E-state index contributed by atoms with van der Waals surface area (Å²) in [5.74, 6) is -0.241.